The lowest BCUT2D eigenvalue weighted by Crippen LogP contribution is -2.40. The minimum absolute atomic E-state index is 0.00194. The monoisotopic (exact) mass is 487 g/mol. The number of anilines is 2. The van der Waals surface area contributed by atoms with E-state index in [9.17, 15) is 18.0 Å². The maximum Gasteiger partial charge on any atom is 0.338 e. The van der Waals surface area contributed by atoms with Crippen LogP contribution in [0.4, 0.5) is 11.4 Å². The van der Waals surface area contributed by atoms with E-state index in [0.717, 1.165) is 18.8 Å². The summed E-state index contributed by atoms with van der Waals surface area (Å²) in [6.07, 6.45) is 3.63. The highest BCUT2D eigenvalue weighted by Gasteiger charge is 2.27. The molecule has 1 amide bonds. The van der Waals surface area contributed by atoms with Gasteiger partial charge in [0.1, 0.15) is 0 Å². The van der Waals surface area contributed by atoms with Crippen LogP contribution in [-0.4, -0.2) is 70.6 Å². The van der Waals surface area contributed by atoms with Gasteiger partial charge in [-0.3, -0.25) is 4.79 Å². The van der Waals surface area contributed by atoms with Gasteiger partial charge in [-0.15, -0.1) is 0 Å². The van der Waals surface area contributed by atoms with Crippen LogP contribution in [0.5, 0.6) is 0 Å². The molecule has 1 N–H and O–H groups in total. The Hall–Kier alpha value is -2.95. The molecular formula is C24H29N3O6S. The number of hydrogen-bond donors (Lipinski definition) is 1. The van der Waals surface area contributed by atoms with Crippen molar-refractivity contribution in [2.45, 2.75) is 24.2 Å². The molecule has 2 aliphatic rings. The van der Waals surface area contributed by atoms with Crippen molar-refractivity contribution < 1.29 is 27.5 Å². The molecule has 0 aliphatic carbocycles. The summed E-state index contributed by atoms with van der Waals surface area (Å²) in [5, 5.41) is 2.71. The number of rotatable bonds is 7. The van der Waals surface area contributed by atoms with Crippen LogP contribution >= 0.6 is 0 Å². The highest BCUT2D eigenvalue weighted by atomic mass is 32.2. The van der Waals surface area contributed by atoms with Crippen molar-refractivity contribution >= 4 is 33.3 Å². The third-order valence-electron chi connectivity index (χ3n) is 5.88. The van der Waals surface area contributed by atoms with Crippen molar-refractivity contribution in [3.63, 3.8) is 0 Å². The number of morpholine rings is 1. The molecule has 2 heterocycles. The average Bonchev–Trinajstić information content (AvgIpc) is 2.89. The van der Waals surface area contributed by atoms with Gasteiger partial charge in [0, 0.05) is 37.6 Å². The summed E-state index contributed by atoms with van der Waals surface area (Å²) in [5.41, 5.74) is 1.80. The van der Waals surface area contributed by atoms with Crippen LogP contribution < -0.4 is 10.2 Å². The molecule has 0 spiro atoms. The first-order valence-electron chi connectivity index (χ1n) is 11.4. The summed E-state index contributed by atoms with van der Waals surface area (Å²) in [6.45, 7) is 2.78. The molecule has 0 unspecified atom stereocenters. The van der Waals surface area contributed by atoms with Gasteiger partial charge in [0.15, 0.2) is 6.61 Å². The maximum atomic E-state index is 12.8. The molecule has 182 valence electrons. The van der Waals surface area contributed by atoms with Crippen molar-refractivity contribution in [1.29, 1.82) is 0 Å². The fourth-order valence-electron chi connectivity index (χ4n) is 4.04. The van der Waals surface area contributed by atoms with E-state index in [2.05, 4.69) is 10.2 Å². The number of nitrogens with one attached hydrogen (secondary N) is 1. The van der Waals surface area contributed by atoms with E-state index >= 15 is 0 Å². The molecule has 0 aromatic heterocycles. The van der Waals surface area contributed by atoms with Crippen LogP contribution in [0.2, 0.25) is 0 Å². The number of piperidine rings is 1. The zero-order chi connectivity index (χ0) is 24.0. The number of amides is 1. The van der Waals surface area contributed by atoms with Crippen molar-refractivity contribution in [2.24, 2.45) is 0 Å². The van der Waals surface area contributed by atoms with E-state index in [1.165, 1.54) is 47.8 Å². The summed E-state index contributed by atoms with van der Waals surface area (Å²) in [7, 11) is -3.74. The van der Waals surface area contributed by atoms with Crippen LogP contribution in [0, 0.1) is 0 Å². The summed E-state index contributed by atoms with van der Waals surface area (Å²) in [4.78, 5) is 27.0. The summed E-state index contributed by atoms with van der Waals surface area (Å²) in [6, 6.07) is 13.2. The zero-order valence-corrected chi connectivity index (χ0v) is 19.8. The van der Waals surface area contributed by atoms with Gasteiger partial charge in [0.2, 0.25) is 10.0 Å². The van der Waals surface area contributed by atoms with E-state index in [0.29, 0.717) is 18.9 Å². The highest BCUT2D eigenvalue weighted by molar-refractivity contribution is 7.89. The van der Waals surface area contributed by atoms with Crippen molar-refractivity contribution in [3.8, 4) is 0 Å². The fraction of sp³-hybridized carbons (Fsp3) is 0.417. The largest absolute Gasteiger partial charge is 0.452 e. The topological polar surface area (TPSA) is 105 Å². The van der Waals surface area contributed by atoms with E-state index in [-0.39, 0.29) is 23.5 Å². The number of sulfonamides is 1. The number of ether oxygens (including phenoxy) is 2. The Balaban J connectivity index is 1.31. The van der Waals surface area contributed by atoms with Gasteiger partial charge in [-0.25, -0.2) is 13.2 Å². The molecule has 0 bridgehead atoms. The minimum Gasteiger partial charge on any atom is -0.452 e. The van der Waals surface area contributed by atoms with Crippen molar-refractivity contribution in [3.05, 3.63) is 54.1 Å². The Morgan fingerprint density at radius 1 is 0.941 bits per heavy atom. The first-order chi connectivity index (χ1) is 16.4. The number of carbonyl (C=O) groups excluding carboxylic acids is 2. The minimum atomic E-state index is -3.74. The van der Waals surface area contributed by atoms with Gasteiger partial charge < -0.3 is 19.7 Å². The van der Waals surface area contributed by atoms with Crippen LogP contribution in [0.15, 0.2) is 53.4 Å². The predicted molar refractivity (Wildman–Crippen MR) is 127 cm³/mol. The third kappa shape index (κ3) is 5.94. The average molecular weight is 488 g/mol. The Bertz CT molecular complexity index is 1110. The van der Waals surface area contributed by atoms with E-state index < -0.39 is 28.5 Å². The molecule has 2 aromatic carbocycles. The van der Waals surface area contributed by atoms with Crippen LogP contribution in [0.3, 0.4) is 0 Å². The quantitative estimate of drug-likeness (QED) is 0.598. The number of nitrogens with zero attached hydrogens (tertiary/aromatic N) is 2. The Kier molecular flexibility index (Phi) is 7.81. The molecule has 4 rings (SSSR count). The third-order valence-corrected chi connectivity index (χ3v) is 7.78. The van der Waals surface area contributed by atoms with Crippen molar-refractivity contribution in [2.75, 3.05) is 56.2 Å². The summed E-state index contributed by atoms with van der Waals surface area (Å²) >= 11 is 0. The lowest BCUT2D eigenvalue weighted by atomic mass is 10.1. The smallest absolute Gasteiger partial charge is 0.338 e. The molecule has 0 atom stereocenters. The Labute approximate surface area is 199 Å². The molecule has 34 heavy (non-hydrogen) atoms. The van der Waals surface area contributed by atoms with Crippen LogP contribution in [0.25, 0.3) is 0 Å². The lowest BCUT2D eigenvalue weighted by molar-refractivity contribution is -0.119. The zero-order valence-electron chi connectivity index (χ0n) is 18.9. The van der Waals surface area contributed by atoms with Gasteiger partial charge >= 0.3 is 5.97 Å². The molecular weight excluding hydrogens is 458 g/mol. The van der Waals surface area contributed by atoms with Crippen LogP contribution in [-0.2, 0) is 24.3 Å². The first-order valence-corrected chi connectivity index (χ1v) is 12.9. The fourth-order valence-corrected chi connectivity index (χ4v) is 5.49. The molecule has 0 radical (unpaired) electrons. The van der Waals surface area contributed by atoms with Crippen LogP contribution in [0.1, 0.15) is 29.6 Å². The summed E-state index contributed by atoms with van der Waals surface area (Å²) < 4.78 is 37.2. The molecule has 9 nitrogen and oxygen atoms in total. The molecule has 0 saturated carbocycles. The Morgan fingerprint density at radius 2 is 1.65 bits per heavy atom. The highest BCUT2D eigenvalue weighted by Crippen LogP contribution is 2.22. The molecule has 2 aliphatic heterocycles. The SMILES string of the molecule is O=C(COC(=O)c1cccc(S(=O)(=O)N2CCOCC2)c1)Nc1ccc(N2CCCCC2)cc1. The van der Waals surface area contributed by atoms with Crippen molar-refractivity contribution in [1.82, 2.24) is 4.31 Å². The predicted octanol–water partition coefficient (Wildman–Crippen LogP) is 2.49. The second-order valence-corrected chi connectivity index (χ2v) is 10.2. The number of hydrogen-bond acceptors (Lipinski definition) is 7. The first kappa shape index (κ1) is 24.2. The van der Waals surface area contributed by atoms with Gasteiger partial charge in [-0.1, -0.05) is 6.07 Å². The van der Waals surface area contributed by atoms with Gasteiger partial charge in [-0.05, 0) is 61.7 Å². The molecule has 10 heteroatoms. The molecule has 2 saturated heterocycles. The van der Waals surface area contributed by atoms with E-state index in [4.69, 9.17) is 9.47 Å². The number of esters is 1. The van der Waals surface area contributed by atoms with Gasteiger partial charge in [0.25, 0.3) is 5.91 Å². The second-order valence-electron chi connectivity index (χ2n) is 8.26. The van der Waals surface area contributed by atoms with Gasteiger partial charge in [-0.2, -0.15) is 4.31 Å². The Morgan fingerprint density at radius 3 is 2.35 bits per heavy atom. The molecule has 2 aromatic rings. The summed E-state index contributed by atoms with van der Waals surface area (Å²) in [5.74, 6) is -1.24. The van der Waals surface area contributed by atoms with Gasteiger partial charge in [0.05, 0.1) is 23.7 Å². The molecule has 2 fully saturated rings. The van der Waals surface area contributed by atoms with E-state index in [1.54, 1.807) is 0 Å². The lowest BCUT2D eigenvalue weighted by Gasteiger charge is -2.28. The number of carbonyl (C=O) groups is 2. The maximum absolute atomic E-state index is 12.8. The standard InChI is InChI=1S/C24H29N3O6S/c28-23(25-20-7-9-21(10-8-20)26-11-2-1-3-12-26)18-33-24(29)19-5-4-6-22(17-19)34(30,31)27-13-15-32-16-14-27/h4-10,17H,1-3,11-16,18H2,(H,25,28). The van der Waals surface area contributed by atoms with E-state index in [1.807, 2.05) is 24.3 Å². The number of benzene rings is 2. The normalized spacial score (nSPS) is 17.2. The second kappa shape index (κ2) is 11.0.